The zero-order valence-corrected chi connectivity index (χ0v) is 18.1. The number of aromatic nitrogens is 4. The second-order valence-electron chi connectivity index (χ2n) is 7.96. The van der Waals surface area contributed by atoms with Crippen LogP contribution < -0.4 is 11.2 Å². The molecule has 0 saturated heterocycles. The van der Waals surface area contributed by atoms with Gasteiger partial charge in [0.1, 0.15) is 6.54 Å². The van der Waals surface area contributed by atoms with Gasteiger partial charge in [-0.1, -0.05) is 71.4 Å². The summed E-state index contributed by atoms with van der Waals surface area (Å²) in [5.41, 5.74) is 2.84. The van der Waals surface area contributed by atoms with Crippen LogP contribution in [-0.4, -0.2) is 19.3 Å². The van der Waals surface area contributed by atoms with Gasteiger partial charge in [-0.15, -0.1) is 0 Å². The van der Waals surface area contributed by atoms with Crippen LogP contribution in [-0.2, 0) is 19.5 Å². The first-order valence-corrected chi connectivity index (χ1v) is 10.8. The van der Waals surface area contributed by atoms with E-state index in [9.17, 15) is 9.59 Å². The summed E-state index contributed by atoms with van der Waals surface area (Å²) in [6.45, 7) is 2.35. The maximum atomic E-state index is 13.4. The molecule has 33 heavy (non-hydrogen) atoms. The highest BCUT2D eigenvalue weighted by Crippen LogP contribution is 2.18. The van der Waals surface area contributed by atoms with Gasteiger partial charge >= 0.3 is 5.69 Å². The maximum Gasteiger partial charge on any atom is 0.331 e. The first kappa shape index (κ1) is 20.6. The van der Waals surface area contributed by atoms with E-state index >= 15 is 0 Å². The van der Waals surface area contributed by atoms with E-state index in [-0.39, 0.29) is 18.6 Å². The summed E-state index contributed by atoms with van der Waals surface area (Å²) in [6, 6.07) is 24.7. The van der Waals surface area contributed by atoms with Gasteiger partial charge in [-0.3, -0.25) is 13.9 Å². The molecule has 0 amide bonds. The lowest BCUT2D eigenvalue weighted by atomic mass is 10.1. The zero-order valence-electron chi connectivity index (χ0n) is 18.1. The van der Waals surface area contributed by atoms with Crippen LogP contribution in [0.15, 0.2) is 93.0 Å². The number of para-hydroxylation sites is 1. The van der Waals surface area contributed by atoms with Crippen molar-refractivity contribution in [3.63, 3.8) is 0 Å². The molecule has 0 aliphatic rings. The van der Waals surface area contributed by atoms with Gasteiger partial charge in [0.2, 0.25) is 11.7 Å². The van der Waals surface area contributed by atoms with Gasteiger partial charge in [0.15, 0.2) is 0 Å². The molecule has 0 N–H and O–H groups in total. The van der Waals surface area contributed by atoms with Crippen LogP contribution in [0.4, 0.5) is 0 Å². The molecular formula is C26H22N4O3. The van der Waals surface area contributed by atoms with Crippen molar-refractivity contribution in [2.45, 2.75) is 26.4 Å². The Morgan fingerprint density at radius 1 is 0.879 bits per heavy atom. The second kappa shape index (κ2) is 8.70. The van der Waals surface area contributed by atoms with E-state index in [1.807, 2.05) is 61.5 Å². The molecule has 5 aromatic rings. The quantitative estimate of drug-likeness (QED) is 0.403. The molecule has 0 fully saturated rings. The van der Waals surface area contributed by atoms with Gasteiger partial charge in [0.05, 0.1) is 10.9 Å². The minimum atomic E-state index is -0.398. The molecule has 0 aliphatic carbocycles. The smallest absolute Gasteiger partial charge is 0.331 e. The number of benzene rings is 3. The molecule has 0 radical (unpaired) electrons. The highest BCUT2D eigenvalue weighted by atomic mass is 16.5. The van der Waals surface area contributed by atoms with E-state index in [2.05, 4.69) is 10.1 Å². The average molecular weight is 438 g/mol. The number of hydrogen-bond acceptors (Lipinski definition) is 5. The Hall–Kier alpha value is -4.26. The Bertz CT molecular complexity index is 1550. The van der Waals surface area contributed by atoms with Gasteiger partial charge in [0.25, 0.3) is 5.56 Å². The van der Waals surface area contributed by atoms with Gasteiger partial charge in [-0.25, -0.2) is 4.79 Å². The van der Waals surface area contributed by atoms with Crippen molar-refractivity contribution in [1.29, 1.82) is 0 Å². The predicted octanol–water partition coefficient (Wildman–Crippen LogP) is 3.81. The van der Waals surface area contributed by atoms with Gasteiger partial charge in [-0.05, 0) is 37.1 Å². The number of hydrogen-bond donors (Lipinski definition) is 0. The summed E-state index contributed by atoms with van der Waals surface area (Å²) < 4.78 is 8.27. The van der Waals surface area contributed by atoms with Crippen LogP contribution in [0.25, 0.3) is 22.3 Å². The van der Waals surface area contributed by atoms with E-state index in [0.717, 1.165) is 16.7 Å². The molecule has 0 bridgehead atoms. The molecule has 7 heteroatoms. The Kier molecular flexibility index (Phi) is 5.44. The van der Waals surface area contributed by atoms with Crippen molar-refractivity contribution in [3.8, 4) is 11.4 Å². The third kappa shape index (κ3) is 4.13. The Labute approximate surface area is 189 Å². The third-order valence-corrected chi connectivity index (χ3v) is 5.64. The molecule has 0 aliphatic heterocycles. The van der Waals surface area contributed by atoms with Crippen molar-refractivity contribution < 1.29 is 4.52 Å². The van der Waals surface area contributed by atoms with Crippen LogP contribution in [0.1, 0.15) is 17.0 Å². The molecule has 3 aromatic carbocycles. The maximum absolute atomic E-state index is 13.4. The first-order valence-electron chi connectivity index (χ1n) is 10.8. The summed E-state index contributed by atoms with van der Waals surface area (Å²) >= 11 is 0. The predicted molar refractivity (Wildman–Crippen MR) is 126 cm³/mol. The summed E-state index contributed by atoms with van der Waals surface area (Å²) in [7, 11) is 0. The zero-order chi connectivity index (χ0) is 22.8. The van der Waals surface area contributed by atoms with Crippen molar-refractivity contribution in [2.75, 3.05) is 0 Å². The fourth-order valence-electron chi connectivity index (χ4n) is 3.96. The molecule has 2 heterocycles. The first-order chi connectivity index (χ1) is 16.1. The molecular weight excluding hydrogens is 416 g/mol. The fraction of sp³-hybridized carbons (Fsp3) is 0.154. The SMILES string of the molecule is Cc1cccc(-c2noc(Cn3c(=O)n(CCc4ccccc4)c(=O)c4ccccc43)n2)c1. The summed E-state index contributed by atoms with van der Waals surface area (Å²) in [5.74, 6) is 0.760. The molecule has 164 valence electrons. The standard InChI is InChI=1S/C26H22N4O3/c1-18-8-7-11-20(16-18)24-27-23(33-28-24)17-30-22-13-6-5-12-21(22)25(31)29(26(30)32)15-14-19-9-3-2-4-10-19/h2-13,16H,14-15,17H2,1H3. The van der Waals surface area contributed by atoms with E-state index in [1.165, 1.54) is 9.13 Å². The second-order valence-corrected chi connectivity index (χ2v) is 7.96. The number of rotatable bonds is 6. The summed E-state index contributed by atoms with van der Waals surface area (Å²) in [4.78, 5) is 31.0. The van der Waals surface area contributed by atoms with Gasteiger partial charge in [-0.2, -0.15) is 4.98 Å². The number of fused-ring (bicyclic) bond motifs is 1. The van der Waals surface area contributed by atoms with E-state index in [1.54, 1.807) is 24.3 Å². The van der Waals surface area contributed by atoms with Crippen LogP contribution in [0.5, 0.6) is 0 Å². The number of nitrogens with zero attached hydrogens (tertiary/aromatic N) is 4. The monoisotopic (exact) mass is 438 g/mol. The topological polar surface area (TPSA) is 82.9 Å². The largest absolute Gasteiger partial charge is 0.337 e. The minimum absolute atomic E-state index is 0.0732. The normalized spacial score (nSPS) is 11.2. The van der Waals surface area contributed by atoms with E-state index < -0.39 is 5.69 Å². The third-order valence-electron chi connectivity index (χ3n) is 5.64. The summed E-state index contributed by atoms with van der Waals surface area (Å²) in [6.07, 6.45) is 0.576. The van der Waals surface area contributed by atoms with Crippen LogP contribution >= 0.6 is 0 Å². The average Bonchev–Trinajstić information content (AvgIpc) is 3.31. The number of aryl methyl sites for hydroxylation is 2. The van der Waals surface area contributed by atoms with Crippen LogP contribution in [0, 0.1) is 6.92 Å². The van der Waals surface area contributed by atoms with Gasteiger partial charge < -0.3 is 4.52 Å². The Morgan fingerprint density at radius 2 is 1.67 bits per heavy atom. The van der Waals surface area contributed by atoms with Crippen molar-refractivity contribution in [3.05, 3.63) is 117 Å². The molecule has 0 atom stereocenters. The Balaban J connectivity index is 1.54. The van der Waals surface area contributed by atoms with Gasteiger partial charge in [0, 0.05) is 12.1 Å². The fourth-order valence-corrected chi connectivity index (χ4v) is 3.96. The van der Waals surface area contributed by atoms with Crippen LogP contribution in [0.2, 0.25) is 0 Å². The van der Waals surface area contributed by atoms with Crippen LogP contribution in [0.3, 0.4) is 0 Å². The highest BCUT2D eigenvalue weighted by Gasteiger charge is 2.16. The van der Waals surface area contributed by atoms with E-state index in [0.29, 0.717) is 29.0 Å². The van der Waals surface area contributed by atoms with E-state index in [4.69, 9.17) is 4.52 Å². The van der Waals surface area contributed by atoms with Crippen molar-refractivity contribution in [1.82, 2.24) is 19.3 Å². The summed E-state index contributed by atoms with van der Waals surface area (Å²) in [5, 5.41) is 4.55. The molecule has 0 unspecified atom stereocenters. The molecule has 0 saturated carbocycles. The van der Waals surface area contributed by atoms with Crippen molar-refractivity contribution >= 4 is 10.9 Å². The molecule has 7 nitrogen and oxygen atoms in total. The highest BCUT2D eigenvalue weighted by molar-refractivity contribution is 5.77. The minimum Gasteiger partial charge on any atom is -0.337 e. The Morgan fingerprint density at radius 3 is 2.48 bits per heavy atom. The molecule has 5 rings (SSSR count). The molecule has 0 spiro atoms. The lowest BCUT2D eigenvalue weighted by Crippen LogP contribution is -2.40. The lowest BCUT2D eigenvalue weighted by molar-refractivity contribution is 0.369. The lowest BCUT2D eigenvalue weighted by Gasteiger charge is -2.12. The van der Waals surface area contributed by atoms with Crippen molar-refractivity contribution in [2.24, 2.45) is 0 Å². The molecule has 2 aromatic heterocycles.